The van der Waals surface area contributed by atoms with Gasteiger partial charge in [0.2, 0.25) is 0 Å². The summed E-state index contributed by atoms with van der Waals surface area (Å²) in [6.45, 7) is 1.96. The molecule has 0 fully saturated rings. The number of amides is 1. The van der Waals surface area contributed by atoms with Crippen LogP contribution in [0.15, 0.2) is 59.6 Å². The van der Waals surface area contributed by atoms with Crippen molar-refractivity contribution in [3.05, 3.63) is 97.7 Å². The van der Waals surface area contributed by atoms with Gasteiger partial charge in [0.1, 0.15) is 11.1 Å². The van der Waals surface area contributed by atoms with Crippen molar-refractivity contribution in [2.24, 2.45) is 10.4 Å². The van der Waals surface area contributed by atoms with E-state index in [-0.39, 0.29) is 11.3 Å². The van der Waals surface area contributed by atoms with Crippen molar-refractivity contribution < 1.29 is 24.6 Å². The fourth-order valence-electron chi connectivity index (χ4n) is 6.38. The summed E-state index contributed by atoms with van der Waals surface area (Å²) in [5.41, 5.74) is 2.99. The van der Waals surface area contributed by atoms with Crippen LogP contribution in [-0.4, -0.2) is 45.7 Å². The van der Waals surface area contributed by atoms with E-state index in [9.17, 15) is 24.6 Å². The monoisotopic (exact) mass is 520 g/mol. The van der Waals surface area contributed by atoms with E-state index in [4.69, 9.17) is 4.99 Å². The highest BCUT2D eigenvalue weighted by atomic mass is 16.4. The average Bonchev–Trinajstić information content (AvgIpc) is 3.07. The molecule has 0 saturated carbocycles. The second kappa shape index (κ2) is 9.05. The summed E-state index contributed by atoms with van der Waals surface area (Å²) in [7, 11) is 1.68. The molecule has 196 valence electrons. The lowest BCUT2D eigenvalue weighted by atomic mass is 9.70. The lowest BCUT2D eigenvalue weighted by Gasteiger charge is -2.33. The van der Waals surface area contributed by atoms with Gasteiger partial charge in [-0.25, -0.2) is 9.79 Å². The van der Waals surface area contributed by atoms with E-state index in [1.165, 1.54) is 4.90 Å². The van der Waals surface area contributed by atoms with Crippen LogP contribution in [0.25, 0.3) is 11.6 Å². The third kappa shape index (κ3) is 3.72. The molecule has 0 aromatic heterocycles. The van der Waals surface area contributed by atoms with Gasteiger partial charge in [0.15, 0.2) is 0 Å². The number of rotatable bonds is 4. The molecule has 2 aliphatic carbocycles. The Kier molecular flexibility index (Phi) is 5.75. The standard InChI is InChI=1S/C32H28N2O5/c1-32(31(38)39,28-29(35)34(2)17-18-7-3-4-12-27(18)33-28)26-11-6-9-20-22-13-14-23-19(21(22)15-16-24(20)26)8-5-10-25(23)30(36)37/h3-5,7-8,10,12,14-16H,6,9,11,13,17H2,1-2H3,(H,36,37)(H,38,39). The van der Waals surface area contributed by atoms with Crippen molar-refractivity contribution in [2.45, 2.75) is 39.2 Å². The van der Waals surface area contributed by atoms with Crippen molar-refractivity contribution in [3.8, 4) is 0 Å². The molecule has 0 spiro atoms. The molecule has 6 rings (SSSR count). The number of para-hydroxylation sites is 1. The van der Waals surface area contributed by atoms with Crippen LogP contribution in [-0.2, 0) is 29.0 Å². The summed E-state index contributed by atoms with van der Waals surface area (Å²) in [4.78, 5) is 44.8. The second-order valence-corrected chi connectivity index (χ2v) is 10.6. The van der Waals surface area contributed by atoms with Crippen molar-refractivity contribution in [1.82, 2.24) is 4.90 Å². The number of benzene rings is 3. The predicted molar refractivity (Wildman–Crippen MR) is 147 cm³/mol. The number of carbonyl (C=O) groups excluding carboxylic acids is 1. The molecule has 39 heavy (non-hydrogen) atoms. The molecule has 1 aliphatic heterocycles. The Morgan fingerprint density at radius 1 is 0.923 bits per heavy atom. The third-order valence-corrected chi connectivity index (χ3v) is 8.43. The molecule has 7 nitrogen and oxygen atoms in total. The van der Waals surface area contributed by atoms with E-state index in [2.05, 4.69) is 0 Å². The number of carboxylic acids is 2. The maximum Gasteiger partial charge on any atom is 0.336 e. The Bertz CT molecular complexity index is 1860. The van der Waals surface area contributed by atoms with Gasteiger partial charge in [-0.3, -0.25) is 9.59 Å². The van der Waals surface area contributed by atoms with Crippen molar-refractivity contribution in [1.29, 1.82) is 0 Å². The van der Waals surface area contributed by atoms with Crippen molar-refractivity contribution in [3.63, 3.8) is 0 Å². The smallest absolute Gasteiger partial charge is 0.336 e. The zero-order valence-corrected chi connectivity index (χ0v) is 21.8. The van der Waals surface area contributed by atoms with Crippen LogP contribution < -0.4 is 10.4 Å². The maximum absolute atomic E-state index is 13.6. The molecular formula is C32H28N2O5. The van der Waals surface area contributed by atoms with Gasteiger partial charge >= 0.3 is 11.9 Å². The van der Waals surface area contributed by atoms with Gasteiger partial charge in [0, 0.05) is 13.6 Å². The number of nitrogens with zero attached hydrogens (tertiary/aromatic N) is 2. The molecule has 1 amide bonds. The Hall–Kier alpha value is -4.52. The maximum atomic E-state index is 13.6. The average molecular weight is 521 g/mol. The topological polar surface area (TPSA) is 107 Å². The lowest BCUT2D eigenvalue weighted by molar-refractivity contribution is -0.142. The molecule has 0 bridgehead atoms. The first-order valence-corrected chi connectivity index (χ1v) is 13.1. The van der Waals surface area contributed by atoms with Crippen LogP contribution in [0.5, 0.6) is 0 Å². The molecule has 0 radical (unpaired) electrons. The summed E-state index contributed by atoms with van der Waals surface area (Å²) in [6, 6.07) is 16.7. The van der Waals surface area contributed by atoms with Crippen LogP contribution in [0, 0.1) is 15.9 Å². The molecule has 1 atom stereocenters. The number of carbonyl (C=O) groups is 3. The molecule has 0 saturated heterocycles. The predicted octanol–water partition coefficient (Wildman–Crippen LogP) is 3.33. The highest BCUT2D eigenvalue weighted by Gasteiger charge is 2.48. The Labute approximate surface area is 224 Å². The van der Waals surface area contributed by atoms with Gasteiger partial charge in [0.05, 0.1) is 11.3 Å². The zero-order chi connectivity index (χ0) is 27.5. The molecular weight excluding hydrogens is 492 g/mol. The lowest BCUT2D eigenvalue weighted by Crippen LogP contribution is -2.48. The van der Waals surface area contributed by atoms with Gasteiger partial charge in [-0.2, -0.15) is 0 Å². The van der Waals surface area contributed by atoms with Gasteiger partial charge in [-0.05, 0) is 87.9 Å². The van der Waals surface area contributed by atoms with Crippen molar-refractivity contribution >= 4 is 40.9 Å². The van der Waals surface area contributed by atoms with E-state index in [0.717, 1.165) is 45.2 Å². The van der Waals surface area contributed by atoms with Crippen molar-refractivity contribution in [2.75, 3.05) is 7.05 Å². The highest BCUT2D eigenvalue weighted by Crippen LogP contribution is 2.39. The van der Waals surface area contributed by atoms with Gasteiger partial charge < -0.3 is 15.1 Å². The van der Waals surface area contributed by atoms with Crippen LogP contribution in [0.4, 0.5) is 5.69 Å². The van der Waals surface area contributed by atoms with Crippen LogP contribution in [0.2, 0.25) is 0 Å². The van der Waals surface area contributed by atoms with Gasteiger partial charge in [-0.15, -0.1) is 0 Å². The summed E-state index contributed by atoms with van der Waals surface area (Å²) >= 11 is 0. The molecule has 3 aromatic carbocycles. The minimum atomic E-state index is -1.63. The summed E-state index contributed by atoms with van der Waals surface area (Å²) in [5, 5.41) is 23.8. The highest BCUT2D eigenvalue weighted by molar-refractivity contribution is 6.47. The van der Waals surface area contributed by atoms with E-state index < -0.39 is 23.3 Å². The molecule has 3 aliphatic rings. The van der Waals surface area contributed by atoms with Crippen LogP contribution >= 0.6 is 0 Å². The van der Waals surface area contributed by atoms with E-state index in [1.807, 2.05) is 48.5 Å². The number of hydrogen-bond donors (Lipinski definition) is 2. The summed E-state index contributed by atoms with van der Waals surface area (Å²) in [5.74, 6) is -2.46. The normalized spacial score (nSPS) is 17.4. The molecule has 2 N–H and O–H groups in total. The Morgan fingerprint density at radius 3 is 2.46 bits per heavy atom. The van der Waals surface area contributed by atoms with Gasteiger partial charge in [-0.1, -0.05) is 48.5 Å². The number of fused-ring (bicyclic) bond motifs is 5. The Morgan fingerprint density at radius 2 is 1.69 bits per heavy atom. The number of aliphatic imine (C=N–C) groups is 1. The molecule has 3 aromatic rings. The minimum Gasteiger partial charge on any atom is -0.480 e. The zero-order valence-electron chi connectivity index (χ0n) is 21.8. The Balaban J connectivity index is 1.65. The number of carboxylic acid groups (broad SMARTS) is 2. The summed E-state index contributed by atoms with van der Waals surface area (Å²) in [6.07, 6.45) is 4.58. The first-order chi connectivity index (χ1) is 18.7. The number of aromatic carboxylic acids is 1. The number of hydrogen-bond acceptors (Lipinski definition) is 4. The SMILES string of the molecule is CN1Cc2ccccc2N=C(C(C)(C(=O)O)C2=c3ccc4c(c3CCC2)CC=c2c(C(=O)O)cccc2=4)C1=O. The molecule has 1 heterocycles. The first-order valence-electron chi connectivity index (χ1n) is 13.1. The van der Waals surface area contributed by atoms with Crippen LogP contribution in [0.3, 0.4) is 0 Å². The fraction of sp³-hybridized carbons (Fsp3) is 0.250. The largest absolute Gasteiger partial charge is 0.480 e. The first kappa shape index (κ1) is 24.8. The van der Waals surface area contributed by atoms with Crippen LogP contribution in [0.1, 0.15) is 46.8 Å². The van der Waals surface area contributed by atoms with E-state index >= 15 is 0 Å². The van der Waals surface area contributed by atoms with E-state index in [1.54, 1.807) is 26.1 Å². The minimum absolute atomic E-state index is 0.0195. The van der Waals surface area contributed by atoms with E-state index in [0.29, 0.717) is 35.9 Å². The molecule has 1 unspecified atom stereocenters. The number of aliphatic carboxylic acids is 1. The second-order valence-electron chi connectivity index (χ2n) is 10.6. The quantitative estimate of drug-likeness (QED) is 0.549. The third-order valence-electron chi connectivity index (χ3n) is 8.43. The molecule has 7 heteroatoms. The summed E-state index contributed by atoms with van der Waals surface area (Å²) < 4.78 is 0. The van der Waals surface area contributed by atoms with Gasteiger partial charge in [0.25, 0.3) is 5.91 Å². The fourth-order valence-corrected chi connectivity index (χ4v) is 6.38.